The minimum Gasteiger partial charge on any atom is -0.465 e. The first-order chi connectivity index (χ1) is 20.3. The van der Waals surface area contributed by atoms with Gasteiger partial charge in [0.15, 0.2) is 0 Å². The number of carbonyl (C=O) groups excluding carboxylic acids is 4. The summed E-state index contributed by atoms with van der Waals surface area (Å²) in [6, 6.07) is 0. The van der Waals surface area contributed by atoms with E-state index in [0.29, 0.717) is 6.42 Å². The lowest BCUT2D eigenvalue weighted by Crippen LogP contribution is -2.69. The molecule has 44 heavy (non-hydrogen) atoms. The number of esters is 3. The van der Waals surface area contributed by atoms with E-state index in [4.69, 9.17) is 19.9 Å². The van der Waals surface area contributed by atoms with Crippen molar-refractivity contribution in [2.45, 2.75) is 132 Å². The average molecular weight is 614 g/mol. The van der Waals surface area contributed by atoms with Gasteiger partial charge in [-0.25, -0.2) is 0 Å². The molecule has 1 amide bonds. The van der Waals surface area contributed by atoms with Crippen LogP contribution in [0.5, 0.6) is 0 Å². The van der Waals surface area contributed by atoms with Crippen LogP contribution in [-0.4, -0.2) is 42.6 Å². The van der Waals surface area contributed by atoms with E-state index in [9.17, 15) is 19.2 Å². The van der Waals surface area contributed by atoms with Crippen molar-refractivity contribution < 1.29 is 33.4 Å². The third-order valence-electron chi connectivity index (χ3n) is 14.0. The first-order valence-corrected chi connectivity index (χ1v) is 16.7. The van der Waals surface area contributed by atoms with Crippen molar-refractivity contribution in [1.29, 1.82) is 0 Å². The van der Waals surface area contributed by atoms with Gasteiger partial charge >= 0.3 is 17.9 Å². The van der Waals surface area contributed by atoms with Gasteiger partial charge in [0.1, 0.15) is 18.8 Å². The first kappa shape index (κ1) is 33.0. The molecule has 5 rings (SSSR count). The fraction of sp³-hybridized carbons (Fsp3) is 0.833. The van der Waals surface area contributed by atoms with Gasteiger partial charge in [-0.1, -0.05) is 53.2 Å². The van der Waals surface area contributed by atoms with Crippen molar-refractivity contribution in [3.63, 3.8) is 0 Å². The molecule has 0 aliphatic heterocycles. The third kappa shape index (κ3) is 4.74. The van der Waals surface area contributed by atoms with Gasteiger partial charge in [-0.05, 0) is 97.2 Å². The molecule has 8 nitrogen and oxygen atoms in total. The SMILES string of the molecule is CC(=O)OC[C@@]1(C)[C@@H]2CC[C@]3(C)[C@H](CC=C4[C@@H]5CC(C)(C)CC[C@]5(C(N)=O)CC[C@]43C)[C@@]2(C)C[C@@H](OC(C)=O)[C@@H]1OC(C)=O. The first-order valence-electron chi connectivity index (χ1n) is 16.7. The fourth-order valence-corrected chi connectivity index (χ4v) is 11.7. The largest absolute Gasteiger partial charge is 0.465 e. The summed E-state index contributed by atoms with van der Waals surface area (Å²) >= 11 is 0. The molecule has 0 radical (unpaired) electrons. The minimum atomic E-state index is -0.752. The van der Waals surface area contributed by atoms with Crippen LogP contribution in [0, 0.1) is 50.2 Å². The Hall–Kier alpha value is -2.38. The highest BCUT2D eigenvalue weighted by Gasteiger charge is 2.71. The fourth-order valence-electron chi connectivity index (χ4n) is 11.7. The van der Waals surface area contributed by atoms with E-state index in [1.165, 1.54) is 26.3 Å². The van der Waals surface area contributed by atoms with Gasteiger partial charge in [-0.2, -0.15) is 0 Å². The van der Waals surface area contributed by atoms with Gasteiger partial charge in [-0.15, -0.1) is 0 Å². The maximum absolute atomic E-state index is 13.2. The second-order valence-electron chi connectivity index (χ2n) is 16.9. The molecule has 10 atom stereocenters. The van der Waals surface area contributed by atoms with Crippen LogP contribution in [0.25, 0.3) is 0 Å². The Morgan fingerprint density at radius 2 is 1.45 bits per heavy atom. The molecular weight excluding hydrogens is 558 g/mol. The van der Waals surface area contributed by atoms with Crippen molar-refractivity contribution in [1.82, 2.24) is 0 Å². The number of amides is 1. The van der Waals surface area contributed by atoms with E-state index >= 15 is 0 Å². The highest BCUT2D eigenvalue weighted by atomic mass is 16.6. The van der Waals surface area contributed by atoms with Gasteiger partial charge in [0, 0.05) is 26.2 Å². The molecule has 0 unspecified atom stereocenters. The van der Waals surface area contributed by atoms with Crippen LogP contribution < -0.4 is 5.73 Å². The van der Waals surface area contributed by atoms with Crippen LogP contribution in [0.3, 0.4) is 0 Å². The van der Waals surface area contributed by atoms with E-state index in [1.807, 2.05) is 6.92 Å². The Morgan fingerprint density at radius 1 is 0.818 bits per heavy atom. The molecule has 0 bridgehead atoms. The summed E-state index contributed by atoms with van der Waals surface area (Å²) in [5.74, 6) is -0.948. The molecule has 0 spiro atoms. The minimum absolute atomic E-state index is 0.0593. The van der Waals surface area contributed by atoms with Crippen LogP contribution in [0.1, 0.15) is 120 Å². The zero-order valence-corrected chi connectivity index (χ0v) is 28.5. The summed E-state index contributed by atoms with van der Waals surface area (Å²) in [6.45, 7) is 18.2. The number of hydrogen-bond acceptors (Lipinski definition) is 7. The molecule has 5 aliphatic rings. The number of hydrogen-bond donors (Lipinski definition) is 1. The zero-order chi connectivity index (χ0) is 32.7. The highest BCUT2D eigenvalue weighted by Crippen LogP contribution is 2.76. The number of fused-ring (bicyclic) bond motifs is 7. The number of carbonyl (C=O) groups is 4. The van der Waals surface area contributed by atoms with Crippen molar-refractivity contribution in [2.24, 2.45) is 56.0 Å². The quantitative estimate of drug-likeness (QED) is 0.220. The Labute approximate surface area is 263 Å². The second-order valence-corrected chi connectivity index (χ2v) is 16.9. The summed E-state index contributed by atoms with van der Waals surface area (Å²) in [7, 11) is 0. The topological polar surface area (TPSA) is 122 Å². The lowest BCUT2D eigenvalue weighted by atomic mass is 9.33. The molecule has 0 aromatic rings. The number of nitrogens with two attached hydrogens (primary N) is 1. The molecule has 5 aliphatic carbocycles. The molecule has 2 N–H and O–H groups in total. The van der Waals surface area contributed by atoms with Crippen molar-refractivity contribution in [3.8, 4) is 0 Å². The second kappa shape index (κ2) is 10.6. The van der Waals surface area contributed by atoms with E-state index in [1.54, 1.807) is 0 Å². The van der Waals surface area contributed by atoms with Crippen LogP contribution in [-0.2, 0) is 33.4 Å². The van der Waals surface area contributed by atoms with E-state index in [-0.39, 0.29) is 51.9 Å². The molecule has 0 aromatic carbocycles. The van der Waals surface area contributed by atoms with Crippen LogP contribution in [0.2, 0.25) is 0 Å². The molecule has 4 fully saturated rings. The summed E-state index contributed by atoms with van der Waals surface area (Å²) in [5.41, 5.74) is 6.11. The molecule has 0 saturated heterocycles. The maximum Gasteiger partial charge on any atom is 0.303 e. The van der Waals surface area contributed by atoms with E-state index in [0.717, 1.165) is 51.4 Å². The normalized spacial score (nSPS) is 45.7. The monoisotopic (exact) mass is 613 g/mol. The molecule has 0 heterocycles. The average Bonchev–Trinajstić information content (AvgIpc) is 2.89. The van der Waals surface area contributed by atoms with E-state index < -0.39 is 40.9 Å². The van der Waals surface area contributed by atoms with Crippen LogP contribution >= 0.6 is 0 Å². The Morgan fingerprint density at radius 3 is 2.05 bits per heavy atom. The number of ether oxygens (including phenoxy) is 3. The van der Waals surface area contributed by atoms with Crippen molar-refractivity contribution in [3.05, 3.63) is 11.6 Å². The molecule has 8 heteroatoms. The molecule has 4 saturated carbocycles. The summed E-state index contributed by atoms with van der Waals surface area (Å²) in [4.78, 5) is 50.2. The molecular formula is C36H55NO7. The standard InChI is InChI=1S/C36H55NO7/c1-21(38)42-20-33(7)27-12-13-35(9)28(32(27,6)19-26(43-22(2)39)29(33)44-23(3)40)11-10-24-25-18-31(4,5)14-16-36(25,30(37)41)17-15-34(24,35)8/h10,25-29H,11-20H2,1-9H3,(H2,37,41)/t25-,26+,27+,28+,29-,32-,33-,34+,35+,36-/m0/s1. The van der Waals surface area contributed by atoms with Crippen molar-refractivity contribution in [2.75, 3.05) is 6.61 Å². The molecule has 0 aromatic heterocycles. The number of rotatable bonds is 5. The third-order valence-corrected chi connectivity index (χ3v) is 14.0. The summed E-state index contributed by atoms with van der Waals surface area (Å²) in [5, 5.41) is 0. The summed E-state index contributed by atoms with van der Waals surface area (Å²) in [6.07, 6.45) is 8.88. The lowest BCUT2D eigenvalue weighted by Gasteiger charge is -2.71. The Bertz CT molecular complexity index is 1270. The van der Waals surface area contributed by atoms with Gasteiger partial charge in [-0.3, -0.25) is 19.2 Å². The molecule has 246 valence electrons. The smallest absolute Gasteiger partial charge is 0.303 e. The zero-order valence-electron chi connectivity index (χ0n) is 28.5. The van der Waals surface area contributed by atoms with Gasteiger partial charge in [0.25, 0.3) is 0 Å². The predicted octanol–water partition coefficient (Wildman–Crippen LogP) is 6.29. The van der Waals surface area contributed by atoms with Gasteiger partial charge in [0.2, 0.25) is 5.91 Å². The number of primary amides is 1. The lowest BCUT2D eigenvalue weighted by molar-refractivity contribution is -0.255. The van der Waals surface area contributed by atoms with Crippen molar-refractivity contribution >= 4 is 23.8 Å². The Kier molecular flexibility index (Phi) is 7.94. The van der Waals surface area contributed by atoms with E-state index in [2.05, 4.69) is 40.7 Å². The maximum atomic E-state index is 13.2. The predicted molar refractivity (Wildman–Crippen MR) is 166 cm³/mol. The summed E-state index contributed by atoms with van der Waals surface area (Å²) < 4.78 is 17.6. The van der Waals surface area contributed by atoms with Gasteiger partial charge in [0.05, 0.1) is 5.41 Å². The van der Waals surface area contributed by atoms with Crippen LogP contribution in [0.4, 0.5) is 0 Å². The van der Waals surface area contributed by atoms with Gasteiger partial charge < -0.3 is 19.9 Å². The Balaban J connectivity index is 1.62. The van der Waals surface area contributed by atoms with Crippen LogP contribution in [0.15, 0.2) is 11.6 Å². The number of allylic oxidation sites excluding steroid dienone is 2. The highest BCUT2D eigenvalue weighted by molar-refractivity contribution is 5.82.